The second kappa shape index (κ2) is 6.90. The summed E-state index contributed by atoms with van der Waals surface area (Å²) >= 11 is 9.33. The van der Waals surface area contributed by atoms with E-state index in [0.29, 0.717) is 17.1 Å². The van der Waals surface area contributed by atoms with Crippen molar-refractivity contribution < 1.29 is 13.5 Å². The van der Waals surface area contributed by atoms with E-state index < -0.39 is 6.61 Å². The summed E-state index contributed by atoms with van der Waals surface area (Å²) in [5.74, 6) is 0.141. The van der Waals surface area contributed by atoms with Gasteiger partial charge in [0.25, 0.3) is 0 Å². The van der Waals surface area contributed by atoms with Crippen LogP contribution in [0.4, 0.5) is 14.5 Å². The van der Waals surface area contributed by atoms with Crippen LogP contribution in [0.5, 0.6) is 5.75 Å². The first-order chi connectivity index (χ1) is 9.56. The Kier molecular flexibility index (Phi) is 5.20. The predicted molar refractivity (Wildman–Crippen MR) is 79.6 cm³/mol. The van der Waals surface area contributed by atoms with Crippen LogP contribution in [0.15, 0.2) is 46.9 Å². The van der Waals surface area contributed by atoms with Gasteiger partial charge in [0.05, 0.1) is 10.7 Å². The number of hydrogen-bond acceptors (Lipinski definition) is 2. The van der Waals surface area contributed by atoms with Gasteiger partial charge in [-0.25, -0.2) is 0 Å². The predicted octanol–water partition coefficient (Wildman–Crippen LogP) is 5.32. The molecule has 2 aromatic rings. The van der Waals surface area contributed by atoms with Crippen molar-refractivity contribution in [3.05, 3.63) is 57.5 Å². The number of anilines is 1. The lowest BCUT2D eigenvalue weighted by molar-refractivity contribution is -0.0504. The van der Waals surface area contributed by atoms with Gasteiger partial charge in [0.1, 0.15) is 5.75 Å². The molecule has 1 N–H and O–H groups in total. The SMILES string of the molecule is FC(F)Oc1ccc(Br)cc1CNc1ccccc1Cl. The van der Waals surface area contributed by atoms with E-state index in [1.165, 1.54) is 6.07 Å². The Balaban J connectivity index is 2.16. The summed E-state index contributed by atoms with van der Waals surface area (Å²) in [5.41, 5.74) is 1.34. The normalized spacial score (nSPS) is 10.7. The molecule has 2 aromatic carbocycles. The smallest absolute Gasteiger partial charge is 0.387 e. The average molecular weight is 363 g/mol. The van der Waals surface area contributed by atoms with Crippen LogP contribution in [0.2, 0.25) is 5.02 Å². The lowest BCUT2D eigenvalue weighted by atomic mass is 10.2. The Morgan fingerprint density at radius 1 is 1.20 bits per heavy atom. The Morgan fingerprint density at radius 3 is 2.65 bits per heavy atom. The number of para-hydroxylation sites is 1. The van der Waals surface area contributed by atoms with Crippen molar-refractivity contribution in [1.29, 1.82) is 0 Å². The maximum Gasteiger partial charge on any atom is 0.387 e. The molecule has 0 aromatic heterocycles. The van der Waals surface area contributed by atoms with Gasteiger partial charge >= 0.3 is 6.61 Å². The summed E-state index contributed by atoms with van der Waals surface area (Å²) in [4.78, 5) is 0. The Labute approximate surface area is 128 Å². The standard InChI is InChI=1S/C14H11BrClF2NO/c15-10-5-6-13(20-14(17)18)9(7-10)8-19-12-4-2-1-3-11(12)16/h1-7,14,19H,8H2. The maximum atomic E-state index is 12.4. The number of hydrogen-bond donors (Lipinski definition) is 1. The molecule has 2 nitrogen and oxygen atoms in total. The van der Waals surface area contributed by atoms with Crippen molar-refractivity contribution in [2.75, 3.05) is 5.32 Å². The lowest BCUT2D eigenvalue weighted by Gasteiger charge is -2.13. The van der Waals surface area contributed by atoms with Crippen LogP contribution in [-0.4, -0.2) is 6.61 Å². The summed E-state index contributed by atoms with van der Waals surface area (Å²) in [6, 6.07) is 12.1. The average Bonchev–Trinajstić information content (AvgIpc) is 2.40. The molecule has 0 heterocycles. The highest BCUT2D eigenvalue weighted by molar-refractivity contribution is 9.10. The summed E-state index contributed by atoms with van der Waals surface area (Å²) in [7, 11) is 0. The van der Waals surface area contributed by atoms with Gasteiger partial charge in [-0.2, -0.15) is 8.78 Å². The van der Waals surface area contributed by atoms with E-state index in [1.807, 2.05) is 18.2 Å². The Morgan fingerprint density at radius 2 is 1.95 bits per heavy atom. The van der Waals surface area contributed by atoms with Crippen LogP contribution in [0.3, 0.4) is 0 Å². The summed E-state index contributed by atoms with van der Waals surface area (Å²) in [5, 5.41) is 3.66. The van der Waals surface area contributed by atoms with Gasteiger partial charge in [-0.1, -0.05) is 39.7 Å². The zero-order valence-corrected chi connectivity index (χ0v) is 12.6. The fourth-order valence-electron chi connectivity index (χ4n) is 1.69. The number of alkyl halides is 2. The Bertz CT molecular complexity index is 595. The molecular formula is C14H11BrClF2NO. The van der Waals surface area contributed by atoms with Gasteiger partial charge in [0, 0.05) is 16.6 Å². The van der Waals surface area contributed by atoms with Crippen LogP contribution in [0.25, 0.3) is 0 Å². The molecular weight excluding hydrogens is 352 g/mol. The molecule has 0 unspecified atom stereocenters. The van der Waals surface area contributed by atoms with E-state index in [1.54, 1.807) is 18.2 Å². The summed E-state index contributed by atoms with van der Waals surface area (Å²) < 4.78 is 30.0. The topological polar surface area (TPSA) is 21.3 Å². The highest BCUT2D eigenvalue weighted by Crippen LogP contribution is 2.27. The third-order valence-electron chi connectivity index (χ3n) is 2.58. The van der Waals surface area contributed by atoms with Crippen molar-refractivity contribution in [3.8, 4) is 5.75 Å². The minimum atomic E-state index is -2.85. The lowest BCUT2D eigenvalue weighted by Crippen LogP contribution is -2.07. The molecule has 6 heteroatoms. The molecule has 20 heavy (non-hydrogen) atoms. The van der Waals surface area contributed by atoms with E-state index in [4.69, 9.17) is 11.6 Å². The first-order valence-electron chi connectivity index (χ1n) is 5.78. The van der Waals surface area contributed by atoms with Gasteiger partial charge in [-0.15, -0.1) is 0 Å². The molecule has 0 radical (unpaired) electrons. The molecule has 0 atom stereocenters. The molecule has 0 spiro atoms. The molecule has 0 aliphatic heterocycles. The molecule has 0 saturated heterocycles. The zero-order valence-electron chi connectivity index (χ0n) is 10.2. The fraction of sp³-hybridized carbons (Fsp3) is 0.143. The third-order valence-corrected chi connectivity index (χ3v) is 3.40. The number of ether oxygens (including phenoxy) is 1. The highest BCUT2D eigenvalue weighted by atomic mass is 79.9. The van der Waals surface area contributed by atoms with Crippen molar-refractivity contribution in [1.82, 2.24) is 0 Å². The molecule has 0 fully saturated rings. The molecule has 0 bridgehead atoms. The molecule has 106 valence electrons. The van der Waals surface area contributed by atoms with E-state index >= 15 is 0 Å². The van der Waals surface area contributed by atoms with Gasteiger partial charge < -0.3 is 10.1 Å². The van der Waals surface area contributed by atoms with Crippen LogP contribution in [0.1, 0.15) is 5.56 Å². The number of nitrogens with one attached hydrogen (secondary N) is 1. The second-order valence-corrected chi connectivity index (χ2v) is 5.29. The fourth-order valence-corrected chi connectivity index (χ4v) is 2.30. The van der Waals surface area contributed by atoms with Crippen LogP contribution < -0.4 is 10.1 Å². The van der Waals surface area contributed by atoms with E-state index in [2.05, 4.69) is 26.0 Å². The van der Waals surface area contributed by atoms with Crippen molar-refractivity contribution >= 4 is 33.2 Å². The van der Waals surface area contributed by atoms with E-state index in [0.717, 1.165) is 10.2 Å². The zero-order chi connectivity index (χ0) is 14.5. The summed E-state index contributed by atoms with van der Waals surface area (Å²) in [6.45, 7) is -2.53. The molecule has 2 rings (SSSR count). The number of benzene rings is 2. The van der Waals surface area contributed by atoms with Crippen LogP contribution >= 0.6 is 27.5 Å². The monoisotopic (exact) mass is 361 g/mol. The maximum absolute atomic E-state index is 12.4. The molecule has 0 aliphatic carbocycles. The van der Waals surface area contributed by atoms with Crippen LogP contribution in [-0.2, 0) is 6.54 Å². The number of rotatable bonds is 5. The van der Waals surface area contributed by atoms with E-state index in [-0.39, 0.29) is 5.75 Å². The first kappa shape index (κ1) is 15.1. The van der Waals surface area contributed by atoms with Crippen LogP contribution in [0, 0.1) is 0 Å². The van der Waals surface area contributed by atoms with Gasteiger partial charge in [-0.05, 0) is 30.3 Å². The largest absolute Gasteiger partial charge is 0.434 e. The van der Waals surface area contributed by atoms with Gasteiger partial charge in [-0.3, -0.25) is 0 Å². The summed E-state index contributed by atoms with van der Waals surface area (Å²) in [6.07, 6.45) is 0. The van der Waals surface area contributed by atoms with Gasteiger partial charge in [0.2, 0.25) is 0 Å². The minimum Gasteiger partial charge on any atom is -0.434 e. The van der Waals surface area contributed by atoms with Crippen molar-refractivity contribution in [2.24, 2.45) is 0 Å². The quantitative estimate of drug-likeness (QED) is 0.777. The third kappa shape index (κ3) is 4.08. The van der Waals surface area contributed by atoms with Crippen molar-refractivity contribution in [3.63, 3.8) is 0 Å². The van der Waals surface area contributed by atoms with E-state index in [9.17, 15) is 8.78 Å². The molecule has 0 saturated carbocycles. The number of halogens is 4. The second-order valence-electron chi connectivity index (χ2n) is 3.96. The first-order valence-corrected chi connectivity index (χ1v) is 6.95. The molecule has 0 aliphatic rings. The Hall–Kier alpha value is -1.33. The van der Waals surface area contributed by atoms with Gasteiger partial charge in [0.15, 0.2) is 0 Å². The molecule has 0 amide bonds. The van der Waals surface area contributed by atoms with Crippen molar-refractivity contribution in [2.45, 2.75) is 13.2 Å². The highest BCUT2D eigenvalue weighted by Gasteiger charge is 2.10. The minimum absolute atomic E-state index is 0.141.